The smallest absolute Gasteiger partial charge is 0.336 e. The summed E-state index contributed by atoms with van der Waals surface area (Å²) in [6.45, 7) is 1.92. The first-order valence-electron chi connectivity index (χ1n) is 6.43. The van der Waals surface area contributed by atoms with Gasteiger partial charge in [-0.15, -0.1) is 0 Å². The number of carbonyl (C=O) groups is 1. The molecule has 3 nitrogen and oxygen atoms in total. The van der Waals surface area contributed by atoms with E-state index in [2.05, 4.69) is 4.98 Å². The summed E-state index contributed by atoms with van der Waals surface area (Å²) < 4.78 is 0. The highest BCUT2D eigenvalue weighted by Crippen LogP contribution is 2.32. The van der Waals surface area contributed by atoms with Crippen LogP contribution in [0.25, 0.3) is 10.9 Å². The number of hydrogen-bond acceptors (Lipinski definition) is 2. The lowest BCUT2D eigenvalue weighted by Crippen LogP contribution is -2.13. The minimum atomic E-state index is -0.882. The SMILES string of the molecule is Cc1cc(Cl)cc2c(C(=O)O)c3c(nc12)CCCC3. The van der Waals surface area contributed by atoms with E-state index in [9.17, 15) is 9.90 Å². The van der Waals surface area contributed by atoms with Crippen molar-refractivity contribution in [2.45, 2.75) is 32.6 Å². The first kappa shape index (κ1) is 12.4. The van der Waals surface area contributed by atoms with E-state index in [1.54, 1.807) is 6.07 Å². The van der Waals surface area contributed by atoms with Crippen molar-refractivity contribution in [1.82, 2.24) is 4.98 Å². The number of carboxylic acids is 1. The lowest BCUT2D eigenvalue weighted by atomic mass is 9.89. The second-order valence-corrected chi connectivity index (χ2v) is 5.48. The lowest BCUT2D eigenvalue weighted by molar-refractivity contribution is 0.0697. The Morgan fingerprint density at radius 2 is 2.05 bits per heavy atom. The first-order chi connectivity index (χ1) is 9.08. The Morgan fingerprint density at radius 1 is 1.32 bits per heavy atom. The number of carboxylic acid groups (broad SMARTS) is 1. The first-order valence-corrected chi connectivity index (χ1v) is 6.80. The van der Waals surface area contributed by atoms with E-state index in [-0.39, 0.29) is 0 Å². The maximum atomic E-state index is 11.6. The van der Waals surface area contributed by atoms with Gasteiger partial charge in [-0.3, -0.25) is 4.98 Å². The molecule has 98 valence electrons. The second-order valence-electron chi connectivity index (χ2n) is 5.04. The molecule has 0 aliphatic heterocycles. The molecule has 0 atom stereocenters. The van der Waals surface area contributed by atoms with Gasteiger partial charge in [0, 0.05) is 16.1 Å². The van der Waals surface area contributed by atoms with Crippen LogP contribution in [0.4, 0.5) is 0 Å². The summed E-state index contributed by atoms with van der Waals surface area (Å²) in [4.78, 5) is 16.3. The molecule has 0 fully saturated rings. The van der Waals surface area contributed by atoms with Crippen molar-refractivity contribution < 1.29 is 9.90 Å². The molecule has 0 saturated heterocycles. The maximum absolute atomic E-state index is 11.6. The number of aromatic nitrogens is 1. The van der Waals surface area contributed by atoms with Crippen LogP contribution in [0.1, 0.15) is 40.0 Å². The molecule has 2 aromatic rings. The van der Waals surface area contributed by atoms with E-state index in [0.717, 1.165) is 48.0 Å². The number of fused-ring (bicyclic) bond motifs is 2. The highest BCUT2D eigenvalue weighted by Gasteiger charge is 2.23. The van der Waals surface area contributed by atoms with Gasteiger partial charge in [0.1, 0.15) is 0 Å². The molecule has 1 aliphatic rings. The van der Waals surface area contributed by atoms with Crippen LogP contribution < -0.4 is 0 Å². The number of pyridine rings is 1. The molecule has 1 aliphatic carbocycles. The molecule has 19 heavy (non-hydrogen) atoms. The third-order valence-electron chi connectivity index (χ3n) is 3.74. The van der Waals surface area contributed by atoms with Gasteiger partial charge in [0.25, 0.3) is 0 Å². The Morgan fingerprint density at radius 3 is 2.79 bits per heavy atom. The van der Waals surface area contributed by atoms with E-state index in [1.807, 2.05) is 13.0 Å². The zero-order valence-corrected chi connectivity index (χ0v) is 11.4. The Balaban J connectivity index is 2.46. The molecule has 0 saturated carbocycles. The van der Waals surface area contributed by atoms with Gasteiger partial charge in [-0.1, -0.05) is 11.6 Å². The molecule has 1 aromatic carbocycles. The van der Waals surface area contributed by atoms with Gasteiger partial charge < -0.3 is 5.11 Å². The standard InChI is InChI=1S/C15H14ClNO2/c1-8-6-9(16)7-11-13(15(18)19)10-4-2-3-5-12(10)17-14(8)11/h6-7H,2-5H2,1H3,(H,18,19). The van der Waals surface area contributed by atoms with Crippen molar-refractivity contribution in [3.63, 3.8) is 0 Å². The minimum absolute atomic E-state index is 0.394. The predicted octanol–water partition coefficient (Wildman–Crippen LogP) is 3.77. The molecule has 0 bridgehead atoms. The fourth-order valence-electron chi connectivity index (χ4n) is 2.90. The number of halogens is 1. The van der Waals surface area contributed by atoms with Crippen molar-refractivity contribution in [1.29, 1.82) is 0 Å². The van der Waals surface area contributed by atoms with Crippen molar-refractivity contribution >= 4 is 28.5 Å². The number of aromatic carboxylic acids is 1. The van der Waals surface area contributed by atoms with Gasteiger partial charge in [0.2, 0.25) is 0 Å². The minimum Gasteiger partial charge on any atom is -0.478 e. The predicted molar refractivity (Wildman–Crippen MR) is 75.1 cm³/mol. The third-order valence-corrected chi connectivity index (χ3v) is 3.95. The normalized spacial score (nSPS) is 14.4. The van der Waals surface area contributed by atoms with Crippen molar-refractivity contribution in [2.24, 2.45) is 0 Å². The zero-order chi connectivity index (χ0) is 13.6. The molecule has 1 heterocycles. The van der Waals surface area contributed by atoms with Crippen molar-refractivity contribution in [2.75, 3.05) is 0 Å². The summed E-state index contributed by atoms with van der Waals surface area (Å²) in [5.74, 6) is -0.882. The van der Waals surface area contributed by atoms with Crippen molar-refractivity contribution in [3.05, 3.63) is 39.5 Å². The molecule has 0 radical (unpaired) electrons. The zero-order valence-electron chi connectivity index (χ0n) is 10.7. The third kappa shape index (κ3) is 1.98. The summed E-state index contributed by atoms with van der Waals surface area (Å²) in [5.41, 5.74) is 3.93. The Bertz CT molecular complexity index is 694. The van der Waals surface area contributed by atoms with Crippen LogP contribution in [-0.4, -0.2) is 16.1 Å². The summed E-state index contributed by atoms with van der Waals surface area (Å²) in [6, 6.07) is 3.55. The summed E-state index contributed by atoms with van der Waals surface area (Å²) in [7, 11) is 0. The Hall–Kier alpha value is -1.61. The molecule has 0 amide bonds. The average molecular weight is 276 g/mol. The van der Waals surface area contributed by atoms with Crippen LogP contribution >= 0.6 is 11.6 Å². The lowest BCUT2D eigenvalue weighted by Gasteiger charge is -2.19. The van der Waals surface area contributed by atoms with Crippen LogP contribution in [0.3, 0.4) is 0 Å². The molecule has 4 heteroatoms. The molecular formula is C15H14ClNO2. The van der Waals surface area contributed by atoms with Gasteiger partial charge in [-0.2, -0.15) is 0 Å². The monoisotopic (exact) mass is 275 g/mol. The molecule has 3 rings (SSSR count). The largest absolute Gasteiger partial charge is 0.478 e. The quantitative estimate of drug-likeness (QED) is 0.862. The van der Waals surface area contributed by atoms with E-state index < -0.39 is 5.97 Å². The molecule has 0 spiro atoms. The topological polar surface area (TPSA) is 50.2 Å². The number of nitrogens with zero attached hydrogens (tertiary/aromatic N) is 1. The van der Waals surface area contributed by atoms with Gasteiger partial charge in [-0.25, -0.2) is 4.79 Å². The van der Waals surface area contributed by atoms with Crippen LogP contribution in [0.5, 0.6) is 0 Å². The maximum Gasteiger partial charge on any atom is 0.336 e. The average Bonchev–Trinajstić information content (AvgIpc) is 2.36. The van der Waals surface area contributed by atoms with Crippen LogP contribution in [0.2, 0.25) is 5.02 Å². The highest BCUT2D eigenvalue weighted by molar-refractivity contribution is 6.31. The van der Waals surface area contributed by atoms with Crippen LogP contribution in [-0.2, 0) is 12.8 Å². The molecule has 0 unspecified atom stereocenters. The number of aryl methyl sites for hydroxylation is 2. The number of benzene rings is 1. The van der Waals surface area contributed by atoms with Gasteiger partial charge in [0.05, 0.1) is 11.1 Å². The Kier molecular flexibility index (Phi) is 2.94. The van der Waals surface area contributed by atoms with E-state index in [0.29, 0.717) is 16.0 Å². The number of rotatable bonds is 1. The number of hydrogen-bond donors (Lipinski definition) is 1. The fourth-order valence-corrected chi connectivity index (χ4v) is 3.17. The summed E-state index contributed by atoms with van der Waals surface area (Å²) >= 11 is 6.06. The summed E-state index contributed by atoms with van der Waals surface area (Å²) in [6.07, 6.45) is 3.77. The van der Waals surface area contributed by atoms with Gasteiger partial charge >= 0.3 is 5.97 Å². The highest BCUT2D eigenvalue weighted by atomic mass is 35.5. The molecule has 1 aromatic heterocycles. The van der Waals surface area contributed by atoms with E-state index >= 15 is 0 Å². The summed E-state index contributed by atoms with van der Waals surface area (Å²) in [5, 5.41) is 10.8. The van der Waals surface area contributed by atoms with Crippen LogP contribution in [0, 0.1) is 6.92 Å². The fraction of sp³-hybridized carbons (Fsp3) is 0.333. The van der Waals surface area contributed by atoms with E-state index in [4.69, 9.17) is 11.6 Å². The van der Waals surface area contributed by atoms with Crippen molar-refractivity contribution in [3.8, 4) is 0 Å². The van der Waals surface area contributed by atoms with Gasteiger partial charge in [0.15, 0.2) is 0 Å². The second kappa shape index (κ2) is 4.49. The Labute approximate surface area is 116 Å². The molecule has 1 N–H and O–H groups in total. The van der Waals surface area contributed by atoms with Crippen LogP contribution in [0.15, 0.2) is 12.1 Å². The molecular weight excluding hydrogens is 262 g/mol. The van der Waals surface area contributed by atoms with E-state index in [1.165, 1.54) is 0 Å². The van der Waals surface area contributed by atoms with Gasteiger partial charge in [-0.05, 0) is 55.9 Å².